The highest BCUT2D eigenvalue weighted by Crippen LogP contribution is 2.18. The first-order chi connectivity index (χ1) is 9.67. The number of ether oxygens (including phenoxy) is 1. The van der Waals surface area contributed by atoms with Gasteiger partial charge < -0.3 is 14.6 Å². The van der Waals surface area contributed by atoms with Crippen LogP contribution in [0.1, 0.15) is 38.1 Å². The van der Waals surface area contributed by atoms with E-state index in [1.807, 2.05) is 6.07 Å². The van der Waals surface area contributed by atoms with Crippen LogP contribution in [0.4, 0.5) is 0 Å². The van der Waals surface area contributed by atoms with Crippen molar-refractivity contribution in [1.82, 2.24) is 15.4 Å². The van der Waals surface area contributed by atoms with Gasteiger partial charge in [-0.25, -0.2) is 0 Å². The number of hydrogen-bond acceptors (Lipinski definition) is 5. The Bertz CT molecular complexity index is 384. The molecule has 2 heterocycles. The summed E-state index contributed by atoms with van der Waals surface area (Å²) in [6.07, 6.45) is 2.53. The summed E-state index contributed by atoms with van der Waals surface area (Å²) >= 11 is 0. The highest BCUT2D eigenvalue weighted by Gasteiger charge is 2.20. The van der Waals surface area contributed by atoms with Crippen LogP contribution in [0.25, 0.3) is 0 Å². The summed E-state index contributed by atoms with van der Waals surface area (Å²) in [6.45, 7) is 9.24. The second kappa shape index (κ2) is 7.76. The van der Waals surface area contributed by atoms with Gasteiger partial charge in [-0.05, 0) is 38.4 Å². The molecule has 0 aliphatic carbocycles. The molecule has 114 valence electrons. The fraction of sp³-hybridized carbons (Fsp3) is 0.800. The largest absolute Gasteiger partial charge is 0.377 e. The summed E-state index contributed by atoms with van der Waals surface area (Å²) in [4.78, 5) is 2.46. The Morgan fingerprint density at radius 2 is 2.20 bits per heavy atom. The minimum Gasteiger partial charge on any atom is -0.377 e. The molecular formula is C15H27N3O2. The van der Waals surface area contributed by atoms with E-state index in [0.29, 0.717) is 12.6 Å². The van der Waals surface area contributed by atoms with Crippen molar-refractivity contribution >= 4 is 0 Å². The highest BCUT2D eigenvalue weighted by molar-refractivity contribution is 5.04. The van der Waals surface area contributed by atoms with Gasteiger partial charge in [0.1, 0.15) is 6.61 Å². The van der Waals surface area contributed by atoms with Crippen molar-refractivity contribution in [2.24, 2.45) is 5.92 Å². The molecule has 1 aliphatic heterocycles. The Hall–Kier alpha value is -0.910. The van der Waals surface area contributed by atoms with Crippen LogP contribution in [-0.2, 0) is 17.9 Å². The molecule has 1 aliphatic rings. The first-order valence-corrected chi connectivity index (χ1v) is 7.56. The molecular weight excluding hydrogens is 254 g/mol. The van der Waals surface area contributed by atoms with Gasteiger partial charge in [0.25, 0.3) is 0 Å². The van der Waals surface area contributed by atoms with Crippen molar-refractivity contribution in [3.63, 3.8) is 0 Å². The number of methoxy groups -OCH3 is 1. The van der Waals surface area contributed by atoms with E-state index < -0.39 is 0 Å². The molecule has 2 rings (SSSR count). The van der Waals surface area contributed by atoms with Crippen LogP contribution in [0.5, 0.6) is 0 Å². The van der Waals surface area contributed by atoms with E-state index in [-0.39, 0.29) is 0 Å². The number of likely N-dealkylation sites (tertiary alicyclic amines) is 1. The van der Waals surface area contributed by atoms with E-state index in [2.05, 4.69) is 29.2 Å². The molecule has 0 radical (unpaired) electrons. The predicted molar refractivity (Wildman–Crippen MR) is 78.4 cm³/mol. The average Bonchev–Trinajstić information content (AvgIpc) is 2.86. The molecule has 0 spiro atoms. The monoisotopic (exact) mass is 281 g/mol. The lowest BCUT2D eigenvalue weighted by Gasteiger charge is -2.31. The van der Waals surface area contributed by atoms with E-state index >= 15 is 0 Å². The lowest BCUT2D eigenvalue weighted by atomic mass is 9.96. The zero-order chi connectivity index (χ0) is 14.4. The van der Waals surface area contributed by atoms with Gasteiger partial charge in [0.2, 0.25) is 0 Å². The van der Waals surface area contributed by atoms with E-state index in [9.17, 15) is 0 Å². The molecule has 5 heteroatoms. The van der Waals surface area contributed by atoms with Crippen molar-refractivity contribution in [3.8, 4) is 0 Å². The van der Waals surface area contributed by atoms with Crippen molar-refractivity contribution in [2.45, 2.75) is 45.9 Å². The number of nitrogens with one attached hydrogen (secondary N) is 1. The Morgan fingerprint density at radius 1 is 1.45 bits per heavy atom. The van der Waals surface area contributed by atoms with Gasteiger partial charge in [0.05, 0.1) is 5.69 Å². The van der Waals surface area contributed by atoms with Crippen LogP contribution in [0, 0.1) is 5.92 Å². The number of aromatic nitrogens is 1. The van der Waals surface area contributed by atoms with Crippen molar-refractivity contribution in [2.75, 3.05) is 26.7 Å². The van der Waals surface area contributed by atoms with Crippen LogP contribution in [-0.4, -0.2) is 42.8 Å². The van der Waals surface area contributed by atoms with Gasteiger partial charge in [0, 0.05) is 25.8 Å². The third-order valence-electron chi connectivity index (χ3n) is 3.80. The maximum absolute atomic E-state index is 5.22. The third-order valence-corrected chi connectivity index (χ3v) is 3.80. The molecule has 1 saturated heterocycles. The average molecular weight is 281 g/mol. The quantitative estimate of drug-likeness (QED) is 0.829. The smallest absolute Gasteiger partial charge is 0.162 e. The number of rotatable bonds is 7. The summed E-state index contributed by atoms with van der Waals surface area (Å²) in [7, 11) is 1.66. The fourth-order valence-electron chi connectivity index (χ4n) is 2.62. The van der Waals surface area contributed by atoms with Gasteiger partial charge in [-0.1, -0.05) is 19.0 Å². The molecule has 20 heavy (non-hydrogen) atoms. The summed E-state index contributed by atoms with van der Waals surface area (Å²) < 4.78 is 10.3. The van der Waals surface area contributed by atoms with Crippen LogP contribution >= 0.6 is 0 Å². The van der Waals surface area contributed by atoms with E-state index in [4.69, 9.17) is 9.26 Å². The maximum atomic E-state index is 5.22. The van der Waals surface area contributed by atoms with Gasteiger partial charge in [0.15, 0.2) is 5.76 Å². The summed E-state index contributed by atoms with van der Waals surface area (Å²) in [5, 5.41) is 7.64. The van der Waals surface area contributed by atoms with Crippen LogP contribution in [0.2, 0.25) is 0 Å². The zero-order valence-electron chi connectivity index (χ0n) is 12.9. The molecule has 1 N–H and O–H groups in total. The van der Waals surface area contributed by atoms with Crippen molar-refractivity contribution in [3.05, 3.63) is 17.5 Å². The molecule has 1 aromatic rings. The molecule has 0 aromatic carbocycles. The second-order valence-electron chi connectivity index (χ2n) is 6.00. The molecule has 1 aromatic heterocycles. The molecule has 0 unspecified atom stereocenters. The van der Waals surface area contributed by atoms with Crippen LogP contribution in [0.15, 0.2) is 10.6 Å². The highest BCUT2D eigenvalue weighted by atomic mass is 16.5. The number of hydrogen-bond donors (Lipinski definition) is 1. The standard InChI is InChI=1S/C15H27N3O2/c1-12(2)16-9-13-4-6-18(7-5-13)10-14-8-15(11-19-3)20-17-14/h8,12-13,16H,4-7,9-11H2,1-3H3. The Kier molecular flexibility index (Phi) is 6.01. The maximum Gasteiger partial charge on any atom is 0.162 e. The second-order valence-corrected chi connectivity index (χ2v) is 6.00. The van der Waals surface area contributed by atoms with E-state index in [1.165, 1.54) is 12.8 Å². The van der Waals surface area contributed by atoms with Gasteiger partial charge in [-0.15, -0.1) is 0 Å². The Labute approximate surface area is 121 Å². The normalized spacial score (nSPS) is 18.0. The van der Waals surface area contributed by atoms with E-state index in [1.54, 1.807) is 7.11 Å². The lowest BCUT2D eigenvalue weighted by Crippen LogP contribution is -2.38. The van der Waals surface area contributed by atoms with Gasteiger partial charge >= 0.3 is 0 Å². The molecule has 1 fully saturated rings. The number of piperidine rings is 1. The first kappa shape index (κ1) is 15.5. The minimum absolute atomic E-state index is 0.496. The van der Waals surface area contributed by atoms with Crippen LogP contribution in [0.3, 0.4) is 0 Å². The topological polar surface area (TPSA) is 50.5 Å². The van der Waals surface area contributed by atoms with Gasteiger partial charge in [-0.3, -0.25) is 4.90 Å². The van der Waals surface area contributed by atoms with Gasteiger partial charge in [-0.2, -0.15) is 0 Å². The molecule has 0 saturated carbocycles. The molecule has 5 nitrogen and oxygen atoms in total. The lowest BCUT2D eigenvalue weighted by molar-refractivity contribution is 0.154. The molecule has 0 amide bonds. The molecule has 0 atom stereocenters. The predicted octanol–water partition coefficient (Wildman–Crippen LogP) is 2.03. The fourth-order valence-corrected chi connectivity index (χ4v) is 2.62. The summed E-state index contributed by atoms with van der Waals surface area (Å²) in [6, 6.07) is 2.58. The zero-order valence-corrected chi connectivity index (χ0v) is 12.9. The minimum atomic E-state index is 0.496. The van der Waals surface area contributed by atoms with Crippen molar-refractivity contribution in [1.29, 1.82) is 0 Å². The van der Waals surface area contributed by atoms with E-state index in [0.717, 1.165) is 43.6 Å². The van der Waals surface area contributed by atoms with Crippen LogP contribution < -0.4 is 5.32 Å². The van der Waals surface area contributed by atoms with Crippen molar-refractivity contribution < 1.29 is 9.26 Å². The summed E-state index contributed by atoms with van der Waals surface area (Å²) in [5.41, 5.74) is 1.01. The SMILES string of the molecule is COCc1cc(CN2CCC(CNC(C)C)CC2)no1. The number of nitrogens with zero attached hydrogens (tertiary/aromatic N) is 2. The first-order valence-electron chi connectivity index (χ1n) is 7.56. The molecule has 0 bridgehead atoms. The summed E-state index contributed by atoms with van der Waals surface area (Å²) in [5.74, 6) is 1.62. The Morgan fingerprint density at radius 3 is 2.85 bits per heavy atom. The Balaban J connectivity index is 1.70. The third kappa shape index (κ3) is 4.89.